The number of benzene rings is 2. The lowest BCUT2D eigenvalue weighted by Crippen LogP contribution is -2.26. The zero-order chi connectivity index (χ0) is 23.0. The minimum atomic E-state index is -0.684. The zero-order valence-corrected chi connectivity index (χ0v) is 17.8. The van der Waals surface area contributed by atoms with Crippen molar-refractivity contribution in [2.24, 2.45) is 0 Å². The number of nitro groups is 2. The predicted molar refractivity (Wildman–Crippen MR) is 118 cm³/mol. The molecular formula is C21H15Cl2FN4O4. The molecule has 2 atom stereocenters. The van der Waals surface area contributed by atoms with Crippen molar-refractivity contribution in [3.8, 4) is 0 Å². The van der Waals surface area contributed by atoms with Gasteiger partial charge in [0.15, 0.2) is 0 Å². The molecular weight excluding hydrogens is 462 g/mol. The standard InChI is InChI=1S/C21H15Cl2FN4O4/c22-15-3-1-12(9-19(15)27(29)30)17-5-6-18(26(17)14-7-8-25-21(24)11-14)13-2-4-16(23)20(10-13)28(31)32/h1-4,7-11,17-18H,5-6H2/t17-,18-/m1/s1. The summed E-state index contributed by atoms with van der Waals surface area (Å²) in [4.78, 5) is 27.1. The Morgan fingerprint density at radius 1 is 0.875 bits per heavy atom. The first kappa shape index (κ1) is 21.9. The fraction of sp³-hybridized carbons (Fsp3) is 0.190. The highest BCUT2D eigenvalue weighted by atomic mass is 35.5. The average Bonchev–Trinajstić information content (AvgIpc) is 3.19. The van der Waals surface area contributed by atoms with Crippen molar-refractivity contribution >= 4 is 40.3 Å². The lowest BCUT2D eigenvalue weighted by atomic mass is 10.0. The molecule has 0 N–H and O–H groups in total. The summed E-state index contributed by atoms with van der Waals surface area (Å²) in [5.74, 6) is -0.684. The zero-order valence-electron chi connectivity index (χ0n) is 16.3. The fourth-order valence-electron chi connectivity index (χ4n) is 4.13. The van der Waals surface area contributed by atoms with E-state index in [1.165, 1.54) is 36.5 Å². The molecule has 1 aromatic heterocycles. The Morgan fingerprint density at radius 3 is 1.81 bits per heavy atom. The molecule has 1 fully saturated rings. The molecule has 2 heterocycles. The third-order valence-electron chi connectivity index (χ3n) is 5.50. The van der Waals surface area contributed by atoms with Gasteiger partial charge in [-0.15, -0.1) is 0 Å². The molecule has 1 saturated heterocycles. The normalized spacial score (nSPS) is 18.0. The topological polar surface area (TPSA) is 102 Å². The van der Waals surface area contributed by atoms with E-state index in [2.05, 4.69) is 4.98 Å². The van der Waals surface area contributed by atoms with Gasteiger partial charge in [-0.25, -0.2) is 4.98 Å². The third-order valence-corrected chi connectivity index (χ3v) is 6.14. The molecule has 0 aliphatic carbocycles. The summed E-state index contributed by atoms with van der Waals surface area (Å²) in [6.07, 6.45) is 2.47. The summed E-state index contributed by atoms with van der Waals surface area (Å²) >= 11 is 11.9. The number of halogens is 3. The van der Waals surface area contributed by atoms with Gasteiger partial charge in [-0.05, 0) is 42.2 Å². The molecule has 11 heteroatoms. The number of nitro benzene ring substituents is 2. The highest BCUT2D eigenvalue weighted by molar-refractivity contribution is 6.33. The van der Waals surface area contributed by atoms with Crippen LogP contribution in [0.25, 0.3) is 0 Å². The van der Waals surface area contributed by atoms with Crippen LogP contribution >= 0.6 is 23.2 Å². The molecule has 0 bridgehead atoms. The van der Waals surface area contributed by atoms with Gasteiger partial charge in [-0.2, -0.15) is 4.39 Å². The van der Waals surface area contributed by atoms with E-state index in [1.54, 1.807) is 18.2 Å². The molecule has 0 amide bonds. The summed E-state index contributed by atoms with van der Waals surface area (Å²) < 4.78 is 14.0. The van der Waals surface area contributed by atoms with Crippen LogP contribution in [0, 0.1) is 26.2 Å². The van der Waals surface area contributed by atoms with Crippen LogP contribution in [0.2, 0.25) is 10.0 Å². The summed E-state index contributed by atoms with van der Waals surface area (Å²) in [6, 6.07) is 11.3. The number of nitrogens with zero attached hydrogens (tertiary/aromatic N) is 4. The van der Waals surface area contributed by atoms with Crippen LogP contribution in [0.5, 0.6) is 0 Å². The SMILES string of the molecule is O=[N+]([O-])c1cc([C@H]2CC[C@H](c3ccc(Cl)c([N+](=O)[O-])c3)N2c2ccnc(F)c2)ccc1Cl. The van der Waals surface area contributed by atoms with E-state index in [-0.39, 0.29) is 33.5 Å². The van der Waals surface area contributed by atoms with Crippen LogP contribution in [0.15, 0.2) is 54.7 Å². The maximum atomic E-state index is 14.0. The quantitative estimate of drug-likeness (QED) is 0.239. The first-order chi connectivity index (χ1) is 15.3. The van der Waals surface area contributed by atoms with Crippen molar-refractivity contribution in [1.82, 2.24) is 4.98 Å². The highest BCUT2D eigenvalue weighted by Gasteiger charge is 2.37. The monoisotopic (exact) mass is 476 g/mol. The van der Waals surface area contributed by atoms with Crippen LogP contribution in [0.4, 0.5) is 21.5 Å². The maximum absolute atomic E-state index is 14.0. The van der Waals surface area contributed by atoms with Crippen LogP contribution < -0.4 is 4.90 Å². The summed E-state index contributed by atoms with van der Waals surface area (Å²) in [6.45, 7) is 0. The van der Waals surface area contributed by atoms with E-state index in [0.717, 1.165) is 0 Å². The Balaban J connectivity index is 1.83. The molecule has 32 heavy (non-hydrogen) atoms. The second kappa shape index (κ2) is 8.68. The first-order valence-corrected chi connectivity index (χ1v) is 10.3. The number of hydrogen-bond acceptors (Lipinski definition) is 6. The second-order valence-corrected chi connectivity index (χ2v) is 8.10. The molecule has 164 valence electrons. The van der Waals surface area contributed by atoms with Crippen molar-refractivity contribution in [3.63, 3.8) is 0 Å². The van der Waals surface area contributed by atoms with Gasteiger partial charge in [0, 0.05) is 30.1 Å². The Labute approximate surface area is 191 Å². The number of hydrogen-bond donors (Lipinski definition) is 0. The fourth-order valence-corrected chi connectivity index (χ4v) is 4.51. The minimum Gasteiger partial charge on any atom is -0.357 e. The lowest BCUT2D eigenvalue weighted by molar-refractivity contribution is -0.384. The van der Waals surface area contributed by atoms with Gasteiger partial charge in [-0.1, -0.05) is 35.3 Å². The molecule has 0 saturated carbocycles. The van der Waals surface area contributed by atoms with Crippen LogP contribution in [-0.4, -0.2) is 14.8 Å². The van der Waals surface area contributed by atoms with E-state index < -0.39 is 15.8 Å². The van der Waals surface area contributed by atoms with Crippen molar-refractivity contribution in [3.05, 3.63) is 102 Å². The smallest absolute Gasteiger partial charge is 0.288 e. The second-order valence-electron chi connectivity index (χ2n) is 7.29. The summed E-state index contributed by atoms with van der Waals surface area (Å²) in [5, 5.41) is 22.8. The van der Waals surface area contributed by atoms with Gasteiger partial charge in [0.05, 0.1) is 21.9 Å². The van der Waals surface area contributed by atoms with Crippen molar-refractivity contribution in [2.75, 3.05) is 4.90 Å². The Hall–Kier alpha value is -3.30. The number of pyridine rings is 1. The molecule has 0 unspecified atom stereocenters. The molecule has 4 rings (SSSR count). The minimum absolute atomic E-state index is 0.0168. The van der Waals surface area contributed by atoms with Crippen LogP contribution in [0.3, 0.4) is 0 Å². The van der Waals surface area contributed by atoms with E-state index in [9.17, 15) is 24.6 Å². The average molecular weight is 477 g/mol. The molecule has 2 aromatic carbocycles. The Morgan fingerprint density at radius 2 is 1.38 bits per heavy atom. The maximum Gasteiger partial charge on any atom is 0.288 e. The van der Waals surface area contributed by atoms with Crippen molar-refractivity contribution in [1.29, 1.82) is 0 Å². The van der Waals surface area contributed by atoms with Crippen LogP contribution in [0.1, 0.15) is 36.1 Å². The number of anilines is 1. The predicted octanol–water partition coefficient (Wildman–Crippen LogP) is 6.43. The molecule has 1 aliphatic rings. The van der Waals surface area contributed by atoms with Gasteiger partial charge < -0.3 is 4.90 Å². The van der Waals surface area contributed by atoms with Gasteiger partial charge in [0.25, 0.3) is 11.4 Å². The van der Waals surface area contributed by atoms with E-state index in [1.807, 2.05) is 4.90 Å². The highest BCUT2D eigenvalue weighted by Crippen LogP contribution is 2.48. The molecule has 0 radical (unpaired) electrons. The molecule has 8 nitrogen and oxygen atoms in total. The van der Waals surface area contributed by atoms with Crippen LogP contribution in [-0.2, 0) is 0 Å². The third kappa shape index (κ3) is 4.09. The molecule has 3 aromatic rings. The van der Waals surface area contributed by atoms with E-state index in [0.29, 0.717) is 29.7 Å². The van der Waals surface area contributed by atoms with Gasteiger partial charge in [-0.3, -0.25) is 20.2 Å². The molecule has 0 spiro atoms. The van der Waals surface area contributed by atoms with Gasteiger partial charge in [0.1, 0.15) is 10.0 Å². The largest absolute Gasteiger partial charge is 0.357 e. The van der Waals surface area contributed by atoms with Gasteiger partial charge >= 0.3 is 0 Å². The Kier molecular flexibility index (Phi) is 5.94. The van der Waals surface area contributed by atoms with E-state index in [4.69, 9.17) is 23.2 Å². The lowest BCUT2D eigenvalue weighted by Gasteiger charge is -2.33. The number of aromatic nitrogens is 1. The van der Waals surface area contributed by atoms with E-state index >= 15 is 0 Å². The van der Waals surface area contributed by atoms with Crippen molar-refractivity contribution in [2.45, 2.75) is 24.9 Å². The first-order valence-electron chi connectivity index (χ1n) is 9.54. The van der Waals surface area contributed by atoms with Gasteiger partial charge in [0.2, 0.25) is 5.95 Å². The Bertz CT molecular complexity index is 1150. The molecule has 1 aliphatic heterocycles. The number of rotatable bonds is 5. The summed E-state index contributed by atoms with van der Waals surface area (Å²) in [7, 11) is 0. The summed E-state index contributed by atoms with van der Waals surface area (Å²) in [5.41, 5.74) is 1.31. The van der Waals surface area contributed by atoms with Crippen molar-refractivity contribution < 1.29 is 14.2 Å².